The van der Waals surface area contributed by atoms with E-state index in [2.05, 4.69) is 29.9 Å². The number of aromatic nitrogens is 8. The summed E-state index contributed by atoms with van der Waals surface area (Å²) in [7, 11) is -8.71. The molecule has 0 aliphatic carbocycles. The van der Waals surface area contributed by atoms with E-state index >= 15 is 4.57 Å². The fraction of sp³-hybridized carbons (Fsp3) is 0.647. The highest BCUT2D eigenvalue weighted by Gasteiger charge is 2.53. The molecule has 25 heteroatoms. The van der Waals surface area contributed by atoms with Gasteiger partial charge in [-0.1, -0.05) is 65.1 Å². The molecule has 322 valence electrons. The molecule has 3 saturated heterocycles. The van der Waals surface area contributed by atoms with Crippen LogP contribution in [0.25, 0.3) is 22.3 Å². The van der Waals surface area contributed by atoms with Crippen molar-refractivity contribution in [1.82, 2.24) is 39.0 Å². The summed E-state index contributed by atoms with van der Waals surface area (Å²) in [6, 6.07) is 0. The normalized spacial score (nSPS) is 29.3. The van der Waals surface area contributed by atoms with Gasteiger partial charge in [0.15, 0.2) is 33.2 Å². The lowest BCUT2D eigenvalue weighted by Gasteiger charge is -2.27. The summed E-state index contributed by atoms with van der Waals surface area (Å²) in [5.74, 6) is 0.678. The van der Waals surface area contributed by atoms with E-state index in [1.165, 1.54) is 25.3 Å². The molecule has 4 unspecified atom stereocenters. The first kappa shape index (κ1) is 44.0. The van der Waals surface area contributed by atoms with E-state index in [1.54, 1.807) is 29.9 Å². The van der Waals surface area contributed by atoms with Gasteiger partial charge in [0, 0.05) is 35.2 Å². The summed E-state index contributed by atoms with van der Waals surface area (Å²) < 4.78 is 76.8. The van der Waals surface area contributed by atoms with Crippen molar-refractivity contribution in [2.24, 2.45) is 10.8 Å². The number of nitrogen functional groups attached to an aromatic ring is 2. The molecule has 4 N–H and O–H groups in total. The first-order valence-electron chi connectivity index (χ1n) is 18.8. The SMILES string of the molecule is CC(C)(C)C(=O)SCCOP1(=O)OC[C@H]2O[C@@H](n3cnc4c(N)ncnc43)CC2P(=O)(OCCSC(=O)C(C)(C)C)OC[C@H]2O[C@@H](n3cnc4c(N)ncnc43)CC2O1. The zero-order valence-corrected chi connectivity index (χ0v) is 36.8. The van der Waals surface area contributed by atoms with Crippen LogP contribution < -0.4 is 11.5 Å². The number of thioether (sulfide) groups is 2. The van der Waals surface area contributed by atoms with Gasteiger partial charge in [-0.3, -0.25) is 36.9 Å². The molecule has 4 aromatic rings. The molecule has 0 radical (unpaired) electrons. The highest BCUT2D eigenvalue weighted by molar-refractivity contribution is 8.14. The van der Waals surface area contributed by atoms with Crippen molar-refractivity contribution in [2.75, 3.05) is 49.4 Å². The van der Waals surface area contributed by atoms with Crippen LogP contribution in [-0.2, 0) is 50.8 Å². The number of nitrogens with zero attached hydrogens (tertiary/aromatic N) is 8. The summed E-state index contributed by atoms with van der Waals surface area (Å²) in [6.07, 6.45) is 0.995. The number of nitrogens with two attached hydrogens (primary N) is 2. The lowest BCUT2D eigenvalue weighted by Crippen LogP contribution is -2.30. The van der Waals surface area contributed by atoms with E-state index < -0.39 is 69.3 Å². The van der Waals surface area contributed by atoms with Gasteiger partial charge in [-0.2, -0.15) is 0 Å². The predicted molar refractivity (Wildman–Crippen MR) is 218 cm³/mol. The molecular formula is C34H48N10O11P2S2. The van der Waals surface area contributed by atoms with Gasteiger partial charge in [-0.05, 0) is 0 Å². The third-order valence-electron chi connectivity index (χ3n) is 9.64. The Morgan fingerprint density at radius 3 is 1.80 bits per heavy atom. The van der Waals surface area contributed by atoms with Gasteiger partial charge in [0.25, 0.3) is 0 Å². The van der Waals surface area contributed by atoms with Crippen LogP contribution in [0, 0.1) is 10.8 Å². The van der Waals surface area contributed by atoms with Crippen LogP contribution in [0.5, 0.6) is 0 Å². The van der Waals surface area contributed by atoms with Crippen molar-refractivity contribution in [1.29, 1.82) is 0 Å². The summed E-state index contributed by atoms with van der Waals surface area (Å²) in [4.78, 5) is 50.8. The Kier molecular flexibility index (Phi) is 12.9. The Labute approximate surface area is 348 Å². The maximum absolute atomic E-state index is 15.3. The molecule has 4 aromatic heterocycles. The number of carbonyl (C=O) groups is 2. The minimum absolute atomic E-state index is 0.0477. The smallest absolute Gasteiger partial charge is 0.382 e. The number of rotatable bonds is 10. The van der Waals surface area contributed by atoms with Gasteiger partial charge in [0.05, 0.1) is 50.8 Å². The van der Waals surface area contributed by atoms with Gasteiger partial charge >= 0.3 is 15.4 Å². The Morgan fingerprint density at radius 2 is 1.24 bits per heavy atom. The molecule has 0 bridgehead atoms. The number of imidazole rings is 2. The summed E-state index contributed by atoms with van der Waals surface area (Å²) in [5, 5.41) is -0.137. The van der Waals surface area contributed by atoms with Crippen LogP contribution in [0.3, 0.4) is 0 Å². The molecule has 7 heterocycles. The number of ether oxygens (including phenoxy) is 2. The van der Waals surface area contributed by atoms with Gasteiger partial charge in [-0.15, -0.1) is 0 Å². The van der Waals surface area contributed by atoms with Crippen molar-refractivity contribution in [3.05, 3.63) is 25.3 Å². The van der Waals surface area contributed by atoms with E-state index in [4.69, 9.17) is 43.6 Å². The first-order chi connectivity index (χ1) is 27.8. The number of hydrogen-bond acceptors (Lipinski definition) is 21. The average Bonchev–Trinajstić information content (AvgIpc) is 3.98. The number of phosphoric ester groups is 1. The number of fused-ring (bicyclic) bond motifs is 4. The molecule has 3 aliphatic heterocycles. The van der Waals surface area contributed by atoms with Crippen LogP contribution in [0.4, 0.5) is 11.6 Å². The molecule has 7 rings (SSSR count). The van der Waals surface area contributed by atoms with Gasteiger partial charge in [0.2, 0.25) is 0 Å². The molecule has 0 aromatic carbocycles. The van der Waals surface area contributed by atoms with E-state index in [-0.39, 0.29) is 66.0 Å². The molecule has 0 amide bonds. The zero-order valence-electron chi connectivity index (χ0n) is 33.4. The second-order valence-corrected chi connectivity index (χ2v) is 22.1. The van der Waals surface area contributed by atoms with E-state index in [0.717, 1.165) is 23.5 Å². The van der Waals surface area contributed by atoms with Crippen LogP contribution in [0.15, 0.2) is 25.3 Å². The maximum atomic E-state index is 15.3. The molecular weight excluding hydrogens is 851 g/mol. The molecule has 8 atom stereocenters. The number of anilines is 2. The van der Waals surface area contributed by atoms with Crippen molar-refractivity contribution in [3.8, 4) is 0 Å². The van der Waals surface area contributed by atoms with Crippen molar-refractivity contribution < 1.29 is 50.8 Å². The molecule has 0 saturated carbocycles. The largest absolute Gasteiger partial charge is 0.475 e. The van der Waals surface area contributed by atoms with E-state index in [1.807, 2.05) is 20.8 Å². The van der Waals surface area contributed by atoms with Gasteiger partial charge in [0.1, 0.15) is 48.4 Å². The predicted octanol–water partition coefficient (Wildman–Crippen LogP) is 5.15. The third-order valence-corrected chi connectivity index (χ3v) is 16.0. The lowest BCUT2D eigenvalue weighted by molar-refractivity contribution is -0.118. The maximum Gasteiger partial charge on any atom is 0.475 e. The van der Waals surface area contributed by atoms with Crippen LogP contribution >= 0.6 is 38.9 Å². The van der Waals surface area contributed by atoms with Crippen molar-refractivity contribution in [3.63, 3.8) is 0 Å². The van der Waals surface area contributed by atoms with Crippen LogP contribution in [0.1, 0.15) is 66.8 Å². The molecule has 59 heavy (non-hydrogen) atoms. The second kappa shape index (κ2) is 17.4. The minimum atomic E-state index is -4.49. The second-order valence-electron chi connectivity index (χ2n) is 16.1. The molecule has 3 aliphatic rings. The Balaban J connectivity index is 1.20. The molecule has 3 fully saturated rings. The zero-order chi connectivity index (χ0) is 42.3. The number of carbonyl (C=O) groups excluding carboxylic acids is 2. The van der Waals surface area contributed by atoms with Crippen molar-refractivity contribution >= 4 is 83.1 Å². The number of phosphoric acid groups is 1. The summed E-state index contributed by atoms with van der Waals surface area (Å²) >= 11 is 2.10. The monoisotopic (exact) mass is 898 g/mol. The molecule has 21 nitrogen and oxygen atoms in total. The van der Waals surface area contributed by atoms with Crippen LogP contribution in [0.2, 0.25) is 0 Å². The first-order valence-corrected chi connectivity index (χ1v) is 23.9. The van der Waals surface area contributed by atoms with E-state index in [9.17, 15) is 14.2 Å². The minimum Gasteiger partial charge on any atom is -0.382 e. The lowest BCUT2D eigenvalue weighted by atomic mass is 9.99. The average molecular weight is 899 g/mol. The quantitative estimate of drug-likeness (QED) is 0.154. The third kappa shape index (κ3) is 9.70. The highest BCUT2D eigenvalue weighted by Crippen LogP contribution is 2.62. The van der Waals surface area contributed by atoms with Crippen LogP contribution in [-0.4, -0.2) is 111 Å². The summed E-state index contributed by atoms with van der Waals surface area (Å²) in [6.45, 7) is 9.77. The Bertz CT molecular complexity index is 2290. The standard InChI is InChI=1S/C34H48N10O11P2S2/c1-33(2,3)31(45)58-9-7-49-56(47)22-12-24(44-18-42-26-28(36)38-16-40-30(26)44)54-21(22)14-52-57(48,50-8-10-59-32(46)34(4,5)6)55-19-11-23(53-20(19)13-51-56)43-17-41-25-27(35)37-15-39-29(25)43/h15-24H,7-14H2,1-6H3,(H2,35,37,39)(H2,36,38,40)/t19?,20-,21-,22?,23-,24-,56?,57?/m1/s1. The highest BCUT2D eigenvalue weighted by atomic mass is 32.2. The fourth-order valence-corrected chi connectivity index (χ4v) is 11.9. The van der Waals surface area contributed by atoms with Gasteiger partial charge < -0.3 is 30.0 Å². The Hall–Kier alpha value is -3.08. The number of hydrogen-bond donors (Lipinski definition) is 2. The van der Waals surface area contributed by atoms with E-state index in [0.29, 0.717) is 22.3 Å². The molecule has 0 spiro atoms. The van der Waals surface area contributed by atoms with Gasteiger partial charge in [-0.25, -0.2) is 34.5 Å². The summed E-state index contributed by atoms with van der Waals surface area (Å²) in [5.41, 5.74) is 11.3. The fourth-order valence-electron chi connectivity index (χ4n) is 6.51. The topological polar surface area (TPSA) is 272 Å². The Morgan fingerprint density at radius 1 is 0.729 bits per heavy atom. The van der Waals surface area contributed by atoms with Crippen molar-refractivity contribution in [2.45, 2.75) is 90.8 Å².